The maximum absolute atomic E-state index is 12.2. The second-order valence-corrected chi connectivity index (χ2v) is 6.15. The van der Waals surface area contributed by atoms with E-state index in [0.29, 0.717) is 25.2 Å². The molecular formula is C15H24N6O2. The van der Waals surface area contributed by atoms with Gasteiger partial charge in [-0.1, -0.05) is 0 Å². The van der Waals surface area contributed by atoms with Crippen LogP contribution in [0.2, 0.25) is 0 Å². The highest BCUT2D eigenvalue weighted by Crippen LogP contribution is 2.15. The van der Waals surface area contributed by atoms with Gasteiger partial charge in [-0.3, -0.25) is 14.7 Å². The molecule has 3 rings (SSSR count). The van der Waals surface area contributed by atoms with Gasteiger partial charge in [0.1, 0.15) is 0 Å². The number of likely N-dealkylation sites (N-methyl/N-ethyl adjacent to an activating group) is 1. The Labute approximate surface area is 135 Å². The number of nitrogens with zero attached hydrogens (tertiary/aromatic N) is 3. The first-order valence-electron chi connectivity index (χ1n) is 8.16. The Morgan fingerprint density at radius 1 is 1.26 bits per heavy atom. The Morgan fingerprint density at radius 2 is 2.04 bits per heavy atom. The van der Waals surface area contributed by atoms with Gasteiger partial charge in [0.15, 0.2) is 5.69 Å². The van der Waals surface area contributed by atoms with Crippen LogP contribution in [0.3, 0.4) is 0 Å². The number of piperazine rings is 1. The van der Waals surface area contributed by atoms with E-state index < -0.39 is 0 Å². The Morgan fingerprint density at radius 3 is 2.83 bits per heavy atom. The third-order valence-corrected chi connectivity index (χ3v) is 4.50. The van der Waals surface area contributed by atoms with Crippen LogP contribution in [-0.2, 0) is 17.8 Å². The second kappa shape index (κ2) is 7.10. The van der Waals surface area contributed by atoms with E-state index in [4.69, 9.17) is 0 Å². The monoisotopic (exact) mass is 320 g/mol. The highest BCUT2D eigenvalue weighted by atomic mass is 16.2. The van der Waals surface area contributed by atoms with Gasteiger partial charge in [-0.2, -0.15) is 5.10 Å². The Hall–Kier alpha value is -1.93. The minimum absolute atomic E-state index is 0.101. The fourth-order valence-electron chi connectivity index (χ4n) is 2.99. The number of nitrogens with one attached hydrogen (secondary N) is 3. The third kappa shape index (κ3) is 3.70. The lowest BCUT2D eigenvalue weighted by molar-refractivity contribution is -0.132. The van der Waals surface area contributed by atoms with E-state index in [1.165, 1.54) is 0 Å². The van der Waals surface area contributed by atoms with Crippen LogP contribution in [0, 0.1) is 0 Å². The second-order valence-electron chi connectivity index (χ2n) is 6.15. The van der Waals surface area contributed by atoms with Crippen LogP contribution in [0.5, 0.6) is 0 Å². The summed E-state index contributed by atoms with van der Waals surface area (Å²) < 4.78 is 0. The number of carbonyl (C=O) groups excluding carboxylic acids is 2. The fraction of sp³-hybridized carbons (Fsp3) is 0.667. The van der Waals surface area contributed by atoms with Crippen molar-refractivity contribution in [2.45, 2.75) is 19.4 Å². The van der Waals surface area contributed by atoms with E-state index in [0.717, 1.165) is 50.4 Å². The number of carbonyl (C=O) groups is 2. The molecule has 8 heteroatoms. The van der Waals surface area contributed by atoms with Crippen LogP contribution in [0.4, 0.5) is 0 Å². The summed E-state index contributed by atoms with van der Waals surface area (Å²) >= 11 is 0. The van der Waals surface area contributed by atoms with Crippen molar-refractivity contribution in [2.24, 2.45) is 0 Å². The predicted molar refractivity (Wildman–Crippen MR) is 85.0 cm³/mol. The molecule has 0 saturated carbocycles. The normalized spacial score (nSPS) is 18.6. The largest absolute Gasteiger partial charge is 0.350 e. The van der Waals surface area contributed by atoms with Crippen LogP contribution in [0.15, 0.2) is 0 Å². The summed E-state index contributed by atoms with van der Waals surface area (Å²) in [5.41, 5.74) is 2.42. The van der Waals surface area contributed by atoms with Crippen LogP contribution < -0.4 is 10.6 Å². The summed E-state index contributed by atoms with van der Waals surface area (Å²) in [5, 5.41) is 13.1. The summed E-state index contributed by atoms with van der Waals surface area (Å²) in [5.74, 6) is -0.110. The first kappa shape index (κ1) is 15.9. The standard InChI is InChI=1S/C15H24N6O2/c1-20-6-8-21(9-7-20)13(22)3-5-17-15(23)14-11-10-16-4-2-12(11)18-19-14/h16H,2-10H2,1H3,(H,17,23)(H,18,19). The number of fused-ring (bicyclic) bond motifs is 1. The number of hydrogen-bond donors (Lipinski definition) is 3. The van der Waals surface area contributed by atoms with Gasteiger partial charge in [-0.25, -0.2) is 0 Å². The molecule has 23 heavy (non-hydrogen) atoms. The molecule has 3 heterocycles. The van der Waals surface area contributed by atoms with E-state index in [2.05, 4.69) is 32.8 Å². The lowest BCUT2D eigenvalue weighted by Crippen LogP contribution is -2.47. The van der Waals surface area contributed by atoms with Gasteiger partial charge in [0, 0.05) is 69.9 Å². The predicted octanol–water partition coefficient (Wildman–Crippen LogP) is -1.05. The van der Waals surface area contributed by atoms with Gasteiger partial charge in [0.25, 0.3) is 5.91 Å². The number of amides is 2. The molecule has 0 aromatic carbocycles. The van der Waals surface area contributed by atoms with Crippen molar-refractivity contribution in [3.05, 3.63) is 17.0 Å². The highest BCUT2D eigenvalue weighted by molar-refractivity contribution is 5.94. The molecule has 0 bridgehead atoms. The molecule has 0 atom stereocenters. The lowest BCUT2D eigenvalue weighted by atomic mass is 10.1. The Balaban J connectivity index is 1.46. The SMILES string of the molecule is CN1CCN(C(=O)CCNC(=O)c2n[nH]c3c2CNCC3)CC1. The summed E-state index contributed by atoms with van der Waals surface area (Å²) in [6.07, 6.45) is 1.19. The van der Waals surface area contributed by atoms with E-state index in [1.807, 2.05) is 4.90 Å². The highest BCUT2D eigenvalue weighted by Gasteiger charge is 2.22. The molecule has 1 aromatic rings. The molecule has 0 radical (unpaired) electrons. The minimum atomic E-state index is -0.211. The number of hydrogen-bond acceptors (Lipinski definition) is 5. The van der Waals surface area contributed by atoms with E-state index >= 15 is 0 Å². The molecule has 126 valence electrons. The summed E-state index contributed by atoms with van der Waals surface area (Å²) in [4.78, 5) is 28.4. The molecule has 8 nitrogen and oxygen atoms in total. The smallest absolute Gasteiger partial charge is 0.272 e. The zero-order chi connectivity index (χ0) is 16.2. The van der Waals surface area contributed by atoms with Crippen molar-refractivity contribution in [1.82, 2.24) is 30.6 Å². The first-order valence-corrected chi connectivity index (χ1v) is 8.16. The van der Waals surface area contributed by atoms with Crippen LogP contribution in [0.25, 0.3) is 0 Å². The average molecular weight is 320 g/mol. The van der Waals surface area contributed by atoms with Gasteiger partial charge in [-0.15, -0.1) is 0 Å². The molecule has 3 N–H and O–H groups in total. The Kier molecular flexibility index (Phi) is 4.92. The minimum Gasteiger partial charge on any atom is -0.350 e. The fourth-order valence-corrected chi connectivity index (χ4v) is 2.99. The van der Waals surface area contributed by atoms with Crippen LogP contribution in [-0.4, -0.2) is 78.1 Å². The van der Waals surface area contributed by atoms with Gasteiger partial charge in [-0.05, 0) is 7.05 Å². The number of H-pyrrole nitrogens is 1. The number of rotatable bonds is 4. The first-order chi connectivity index (χ1) is 11.1. The van der Waals surface area contributed by atoms with Crippen molar-refractivity contribution >= 4 is 11.8 Å². The summed E-state index contributed by atoms with van der Waals surface area (Å²) in [7, 11) is 2.06. The summed E-state index contributed by atoms with van der Waals surface area (Å²) in [6.45, 7) is 5.25. The van der Waals surface area contributed by atoms with Crippen molar-refractivity contribution < 1.29 is 9.59 Å². The van der Waals surface area contributed by atoms with Crippen molar-refractivity contribution in [1.29, 1.82) is 0 Å². The topological polar surface area (TPSA) is 93.4 Å². The molecule has 0 aliphatic carbocycles. The summed E-state index contributed by atoms with van der Waals surface area (Å²) in [6, 6.07) is 0. The van der Waals surface area contributed by atoms with Gasteiger partial charge in [0.2, 0.25) is 5.91 Å². The molecule has 0 spiro atoms. The molecule has 2 aliphatic rings. The molecule has 1 saturated heterocycles. The van der Waals surface area contributed by atoms with Crippen LogP contribution in [0.1, 0.15) is 28.2 Å². The van der Waals surface area contributed by atoms with E-state index in [1.54, 1.807) is 0 Å². The lowest BCUT2D eigenvalue weighted by Gasteiger charge is -2.32. The molecule has 1 aromatic heterocycles. The van der Waals surface area contributed by atoms with Gasteiger partial charge >= 0.3 is 0 Å². The Bertz CT molecular complexity index is 577. The number of aromatic amines is 1. The van der Waals surface area contributed by atoms with Crippen LogP contribution >= 0.6 is 0 Å². The maximum atomic E-state index is 12.2. The van der Waals surface area contributed by atoms with Gasteiger partial charge < -0.3 is 20.4 Å². The third-order valence-electron chi connectivity index (χ3n) is 4.50. The quantitative estimate of drug-likeness (QED) is 0.658. The zero-order valence-electron chi connectivity index (χ0n) is 13.5. The van der Waals surface area contributed by atoms with E-state index in [9.17, 15) is 9.59 Å². The zero-order valence-corrected chi connectivity index (χ0v) is 13.5. The van der Waals surface area contributed by atoms with E-state index in [-0.39, 0.29) is 11.8 Å². The maximum Gasteiger partial charge on any atom is 0.272 e. The molecule has 1 fully saturated rings. The molecule has 2 aliphatic heterocycles. The average Bonchev–Trinajstić information content (AvgIpc) is 2.99. The van der Waals surface area contributed by atoms with Gasteiger partial charge in [0.05, 0.1) is 0 Å². The molecule has 2 amide bonds. The van der Waals surface area contributed by atoms with Crippen molar-refractivity contribution in [3.63, 3.8) is 0 Å². The van der Waals surface area contributed by atoms with Crippen molar-refractivity contribution in [3.8, 4) is 0 Å². The molecular weight excluding hydrogens is 296 g/mol. The van der Waals surface area contributed by atoms with Crippen molar-refractivity contribution in [2.75, 3.05) is 46.3 Å². The number of aromatic nitrogens is 2. The molecule has 0 unspecified atom stereocenters.